The second-order valence-electron chi connectivity index (χ2n) is 4.41. The Morgan fingerprint density at radius 2 is 1.88 bits per heavy atom. The van der Waals surface area contributed by atoms with Crippen LogP contribution >= 0.6 is 22.6 Å². The van der Waals surface area contributed by atoms with Gasteiger partial charge in [0.2, 0.25) is 0 Å². The third-order valence-corrected chi connectivity index (χ3v) is 4.00. The lowest BCUT2D eigenvalue weighted by atomic mass is 9.96. The summed E-state index contributed by atoms with van der Waals surface area (Å²) < 4.78 is 1.06. The summed E-state index contributed by atoms with van der Waals surface area (Å²) in [4.78, 5) is 11.8. The molecule has 0 saturated heterocycles. The lowest BCUT2D eigenvalue weighted by Gasteiger charge is -2.23. The molecule has 0 atom stereocenters. The maximum Gasteiger partial charge on any atom is 0.319 e. The van der Waals surface area contributed by atoms with Gasteiger partial charge < -0.3 is 10.6 Å². The number of benzene rings is 1. The van der Waals surface area contributed by atoms with Crippen LogP contribution in [0.2, 0.25) is 0 Å². The van der Waals surface area contributed by atoms with Crippen molar-refractivity contribution >= 4 is 34.3 Å². The average molecular weight is 344 g/mol. The van der Waals surface area contributed by atoms with Gasteiger partial charge in [-0.25, -0.2) is 4.79 Å². The summed E-state index contributed by atoms with van der Waals surface area (Å²) in [6.07, 6.45) is 5.98. The first kappa shape index (κ1) is 12.7. The molecule has 0 heterocycles. The van der Waals surface area contributed by atoms with Crippen molar-refractivity contribution in [2.45, 2.75) is 38.1 Å². The van der Waals surface area contributed by atoms with Crippen LogP contribution in [0.15, 0.2) is 24.3 Å². The Balaban J connectivity index is 1.86. The molecule has 2 rings (SSSR count). The summed E-state index contributed by atoms with van der Waals surface area (Å²) in [6, 6.07) is 8.06. The number of halogens is 1. The molecule has 17 heavy (non-hydrogen) atoms. The minimum Gasteiger partial charge on any atom is -0.335 e. The monoisotopic (exact) mass is 344 g/mol. The van der Waals surface area contributed by atoms with Crippen LogP contribution in [0.5, 0.6) is 0 Å². The van der Waals surface area contributed by atoms with E-state index in [2.05, 4.69) is 33.2 Å². The number of anilines is 1. The number of carbonyl (C=O) groups is 1. The summed E-state index contributed by atoms with van der Waals surface area (Å²) >= 11 is 2.22. The number of amides is 2. The van der Waals surface area contributed by atoms with Crippen LogP contribution in [0.25, 0.3) is 0 Å². The Morgan fingerprint density at radius 3 is 2.59 bits per heavy atom. The van der Waals surface area contributed by atoms with Crippen LogP contribution in [-0.2, 0) is 0 Å². The Labute approximate surface area is 116 Å². The van der Waals surface area contributed by atoms with Crippen LogP contribution in [0, 0.1) is 3.57 Å². The van der Waals surface area contributed by atoms with Crippen LogP contribution in [0.1, 0.15) is 32.1 Å². The molecule has 2 N–H and O–H groups in total. The first-order chi connectivity index (χ1) is 8.25. The highest BCUT2D eigenvalue weighted by atomic mass is 127. The molecule has 92 valence electrons. The molecule has 1 aliphatic carbocycles. The van der Waals surface area contributed by atoms with E-state index in [1.807, 2.05) is 24.3 Å². The number of hydrogen-bond donors (Lipinski definition) is 2. The number of urea groups is 1. The third-order valence-electron chi connectivity index (χ3n) is 3.06. The summed E-state index contributed by atoms with van der Waals surface area (Å²) in [7, 11) is 0. The van der Waals surface area contributed by atoms with E-state index in [1.165, 1.54) is 19.3 Å². The van der Waals surface area contributed by atoms with Gasteiger partial charge in [0.05, 0.1) is 5.69 Å². The molecule has 0 unspecified atom stereocenters. The van der Waals surface area contributed by atoms with Gasteiger partial charge in [-0.15, -0.1) is 0 Å². The molecule has 1 saturated carbocycles. The van der Waals surface area contributed by atoms with E-state index >= 15 is 0 Å². The fourth-order valence-electron chi connectivity index (χ4n) is 2.15. The minimum absolute atomic E-state index is 0.0824. The van der Waals surface area contributed by atoms with Gasteiger partial charge in [-0.2, -0.15) is 0 Å². The molecule has 4 heteroatoms. The van der Waals surface area contributed by atoms with Crippen molar-refractivity contribution in [3.63, 3.8) is 0 Å². The second kappa shape index (κ2) is 6.23. The SMILES string of the molecule is O=C(Nc1ccccc1I)NC1CCCCC1. The zero-order valence-electron chi connectivity index (χ0n) is 9.71. The predicted octanol–water partition coefficient (Wildman–Crippen LogP) is 3.75. The van der Waals surface area contributed by atoms with Crippen LogP contribution in [0.4, 0.5) is 10.5 Å². The summed E-state index contributed by atoms with van der Waals surface area (Å²) in [6.45, 7) is 0. The molecule has 1 aromatic carbocycles. The van der Waals surface area contributed by atoms with Crippen LogP contribution < -0.4 is 10.6 Å². The number of rotatable bonds is 2. The summed E-state index contributed by atoms with van der Waals surface area (Å²) in [5.74, 6) is 0. The molecule has 0 bridgehead atoms. The van der Waals surface area contributed by atoms with Crippen molar-refractivity contribution in [1.82, 2.24) is 5.32 Å². The van der Waals surface area contributed by atoms with E-state index in [-0.39, 0.29) is 6.03 Å². The maximum absolute atomic E-state index is 11.8. The summed E-state index contributed by atoms with van der Waals surface area (Å²) in [5.41, 5.74) is 0.876. The maximum atomic E-state index is 11.8. The van der Waals surface area contributed by atoms with E-state index in [9.17, 15) is 4.79 Å². The first-order valence-electron chi connectivity index (χ1n) is 6.08. The van der Waals surface area contributed by atoms with Crippen LogP contribution in [-0.4, -0.2) is 12.1 Å². The van der Waals surface area contributed by atoms with Gasteiger partial charge in [0.15, 0.2) is 0 Å². The highest BCUT2D eigenvalue weighted by Gasteiger charge is 2.15. The van der Waals surface area contributed by atoms with Gasteiger partial charge >= 0.3 is 6.03 Å². The molecule has 0 radical (unpaired) electrons. The molecule has 3 nitrogen and oxygen atoms in total. The Bertz CT molecular complexity index is 389. The van der Waals surface area contributed by atoms with Gasteiger partial charge in [-0.3, -0.25) is 0 Å². The highest BCUT2D eigenvalue weighted by molar-refractivity contribution is 14.1. The molecule has 0 aliphatic heterocycles. The van der Waals surface area contributed by atoms with Crippen molar-refractivity contribution in [2.24, 2.45) is 0 Å². The molecule has 0 aromatic heterocycles. The Morgan fingerprint density at radius 1 is 1.18 bits per heavy atom. The first-order valence-corrected chi connectivity index (χ1v) is 7.15. The zero-order chi connectivity index (χ0) is 12.1. The molecular formula is C13H17IN2O. The molecule has 1 fully saturated rings. The predicted molar refractivity (Wildman–Crippen MR) is 78.2 cm³/mol. The standard InChI is InChI=1S/C13H17IN2O/c14-11-8-4-5-9-12(11)16-13(17)15-10-6-2-1-3-7-10/h4-5,8-10H,1-3,6-7H2,(H2,15,16,17). The van der Waals surface area contributed by atoms with Gasteiger partial charge in [-0.1, -0.05) is 31.4 Å². The second-order valence-corrected chi connectivity index (χ2v) is 5.58. The van der Waals surface area contributed by atoms with Crippen molar-refractivity contribution in [1.29, 1.82) is 0 Å². The van der Waals surface area contributed by atoms with Crippen LogP contribution in [0.3, 0.4) is 0 Å². The zero-order valence-corrected chi connectivity index (χ0v) is 11.9. The van der Waals surface area contributed by atoms with Crippen molar-refractivity contribution in [2.75, 3.05) is 5.32 Å². The van der Waals surface area contributed by atoms with E-state index < -0.39 is 0 Å². The lowest BCUT2D eigenvalue weighted by molar-refractivity contribution is 0.244. The topological polar surface area (TPSA) is 41.1 Å². The number of nitrogens with one attached hydrogen (secondary N) is 2. The number of hydrogen-bond acceptors (Lipinski definition) is 1. The lowest BCUT2D eigenvalue weighted by Crippen LogP contribution is -2.39. The largest absolute Gasteiger partial charge is 0.335 e. The van der Waals surface area contributed by atoms with E-state index in [1.54, 1.807) is 0 Å². The molecule has 0 spiro atoms. The van der Waals surface area contributed by atoms with Gasteiger partial charge in [0.25, 0.3) is 0 Å². The smallest absolute Gasteiger partial charge is 0.319 e. The van der Waals surface area contributed by atoms with Crippen molar-refractivity contribution < 1.29 is 4.79 Å². The van der Waals surface area contributed by atoms with E-state index in [0.29, 0.717) is 6.04 Å². The fraction of sp³-hybridized carbons (Fsp3) is 0.462. The average Bonchev–Trinajstić information content (AvgIpc) is 2.33. The minimum atomic E-state index is -0.0824. The van der Waals surface area contributed by atoms with Gasteiger partial charge in [0, 0.05) is 9.61 Å². The fourth-order valence-corrected chi connectivity index (χ4v) is 2.68. The van der Waals surface area contributed by atoms with E-state index in [0.717, 1.165) is 22.1 Å². The van der Waals surface area contributed by atoms with Gasteiger partial charge in [-0.05, 0) is 47.6 Å². The van der Waals surface area contributed by atoms with E-state index in [4.69, 9.17) is 0 Å². The molecule has 2 amide bonds. The summed E-state index contributed by atoms with van der Waals surface area (Å²) in [5, 5.41) is 5.94. The Hall–Kier alpha value is -0.780. The van der Waals surface area contributed by atoms with Crippen molar-refractivity contribution in [3.8, 4) is 0 Å². The molecule has 1 aliphatic rings. The van der Waals surface area contributed by atoms with Crippen molar-refractivity contribution in [3.05, 3.63) is 27.8 Å². The highest BCUT2D eigenvalue weighted by Crippen LogP contribution is 2.19. The number of carbonyl (C=O) groups excluding carboxylic acids is 1. The molecular weight excluding hydrogens is 327 g/mol. The normalized spacial score (nSPS) is 16.5. The number of para-hydroxylation sites is 1. The Kier molecular flexibility index (Phi) is 4.65. The third kappa shape index (κ3) is 3.87. The van der Waals surface area contributed by atoms with Gasteiger partial charge in [0.1, 0.15) is 0 Å². The quantitative estimate of drug-likeness (QED) is 0.789. The molecule has 1 aromatic rings.